The van der Waals surface area contributed by atoms with Crippen molar-refractivity contribution in [2.24, 2.45) is 5.11 Å². The average Bonchev–Trinajstić information content (AvgIpc) is 3.77. The van der Waals surface area contributed by atoms with Gasteiger partial charge in [0.25, 0.3) is 5.56 Å². The van der Waals surface area contributed by atoms with Crippen LogP contribution < -0.4 is 17.0 Å². The zero-order valence-corrected chi connectivity index (χ0v) is 25.3. The predicted molar refractivity (Wildman–Crippen MR) is 153 cm³/mol. The number of azide groups is 1. The van der Waals surface area contributed by atoms with Gasteiger partial charge in [-0.3, -0.25) is 32.5 Å². The molecule has 2 aliphatic rings. The van der Waals surface area contributed by atoms with Crippen molar-refractivity contribution in [2.75, 3.05) is 24.7 Å². The van der Waals surface area contributed by atoms with Gasteiger partial charge in [0.05, 0.1) is 38.0 Å². The predicted octanol–water partition coefficient (Wildman–Crippen LogP) is -1.78. The number of aromatic amines is 1. The number of ether oxygens (including phenoxy) is 2. The van der Waals surface area contributed by atoms with E-state index in [1.165, 1.54) is 10.9 Å². The van der Waals surface area contributed by atoms with Gasteiger partial charge in [0.1, 0.15) is 36.3 Å². The first-order chi connectivity index (χ1) is 22.4. The molecule has 10 atom stereocenters. The minimum atomic E-state index is -5.21. The Morgan fingerprint density at radius 3 is 2.51 bits per heavy atom. The van der Waals surface area contributed by atoms with Crippen LogP contribution in [0.3, 0.4) is 0 Å². The van der Waals surface area contributed by atoms with E-state index in [4.69, 9.17) is 40.0 Å². The van der Waals surface area contributed by atoms with Crippen LogP contribution in [0.25, 0.3) is 32.8 Å². The number of anilines is 2. The number of fused-ring (bicyclic) bond motifs is 2. The summed E-state index contributed by atoms with van der Waals surface area (Å²) >= 11 is 0. The van der Waals surface area contributed by atoms with Crippen molar-refractivity contribution in [1.29, 1.82) is 0 Å². The third-order valence-corrected chi connectivity index (χ3v) is 8.73. The number of nitrogens with one attached hydrogen (secondary N) is 1. The van der Waals surface area contributed by atoms with Gasteiger partial charge in [-0.2, -0.15) is 4.98 Å². The van der Waals surface area contributed by atoms with E-state index in [-0.39, 0.29) is 34.1 Å². The number of nitrogen functional groups attached to an aromatic ring is 2. The number of hydrogen-bond acceptors (Lipinski definition) is 18. The third kappa shape index (κ3) is 6.18. The second kappa shape index (κ2) is 12.8. The number of nitrogens with two attached hydrogens (primary N) is 2. The van der Waals surface area contributed by atoms with Crippen molar-refractivity contribution in [1.82, 2.24) is 39.0 Å². The topological polar surface area (TPSA) is 369 Å². The molecule has 4 aromatic heterocycles. The summed E-state index contributed by atoms with van der Waals surface area (Å²) in [6, 6.07) is -1.43. The van der Waals surface area contributed by atoms with Gasteiger partial charge in [0.2, 0.25) is 5.95 Å². The fraction of sp³-hybridized carbons (Fsp3) is 0.500. The molecule has 3 unspecified atom stereocenters. The molecule has 0 bridgehead atoms. The summed E-state index contributed by atoms with van der Waals surface area (Å²) in [5, 5.41) is 24.4. The quantitative estimate of drug-likeness (QED) is 0.0393. The van der Waals surface area contributed by atoms with Gasteiger partial charge in [-0.05, 0) is 5.53 Å². The molecule has 27 heteroatoms. The fourth-order valence-corrected chi connectivity index (χ4v) is 6.75. The molecule has 25 nitrogen and oxygen atoms in total. The number of aliphatic hydroxyl groups excluding tert-OH is 2. The van der Waals surface area contributed by atoms with Crippen LogP contribution >= 0.6 is 16.1 Å². The number of H-pyrrole nitrogens is 1. The maximum absolute atomic E-state index is 13.3. The number of phosphoric acid groups is 1. The van der Waals surface area contributed by atoms with Gasteiger partial charge < -0.3 is 45.5 Å². The molecular formula is C20H25N13O12P2. The number of aliphatic hydroxyl groups is 2. The molecular weight excluding hydrogens is 676 g/mol. The Morgan fingerprint density at radius 2 is 1.81 bits per heavy atom. The molecule has 0 aromatic carbocycles. The molecule has 252 valence electrons. The number of phosphoric ester groups is 1. The Kier molecular flexibility index (Phi) is 8.97. The van der Waals surface area contributed by atoms with Crippen LogP contribution in [0.15, 0.2) is 28.9 Å². The molecule has 9 N–H and O–H groups in total. The van der Waals surface area contributed by atoms with E-state index in [1.54, 1.807) is 0 Å². The highest BCUT2D eigenvalue weighted by atomic mass is 31.2. The Labute approximate surface area is 260 Å². The standard InChI is InChI=1S/C20H25N13O12P2/c21-14-9-15(25-3-24-14)32(4-26-9)18-11(35)12(44-46(37)38)7(43-18)2-41-47(39,40)45-13-8(30-31-23)6(1-34)42-19(13)33-5-27-10-16(33)28-20(22)29-17(10)36/h3-8,11-13,18-19,34-35,46H,1-2H2,(H,37,38)(H,39,40)(H2,21,24,25)(H3,22,28,29,36)/t6-,7-,8?,11-,12-,13-,18-,19-/m1/s1. The summed E-state index contributed by atoms with van der Waals surface area (Å²) in [6.07, 6.45) is -6.99. The normalized spacial score (nSPS) is 29.6. The summed E-state index contributed by atoms with van der Waals surface area (Å²) < 4.78 is 54.4. The largest absolute Gasteiger partial charge is 0.472 e. The summed E-state index contributed by atoms with van der Waals surface area (Å²) in [5.41, 5.74) is 19.9. The molecule has 6 rings (SSSR count). The van der Waals surface area contributed by atoms with Crippen molar-refractivity contribution in [3.05, 3.63) is 39.8 Å². The first-order valence-electron chi connectivity index (χ1n) is 13.3. The Morgan fingerprint density at radius 1 is 1.11 bits per heavy atom. The van der Waals surface area contributed by atoms with Crippen molar-refractivity contribution < 1.29 is 52.2 Å². The highest BCUT2D eigenvalue weighted by Crippen LogP contribution is 2.51. The van der Waals surface area contributed by atoms with Crippen LogP contribution in [-0.2, 0) is 32.2 Å². The second-order valence-corrected chi connectivity index (χ2v) is 12.2. The first-order valence-corrected chi connectivity index (χ1v) is 16.0. The van der Waals surface area contributed by atoms with Crippen LogP contribution in [-0.4, -0.2) is 109 Å². The van der Waals surface area contributed by atoms with Crippen LogP contribution in [0.2, 0.25) is 0 Å². The first kappa shape index (κ1) is 32.8. The van der Waals surface area contributed by atoms with Crippen molar-refractivity contribution >= 4 is 50.2 Å². The fourth-order valence-electron chi connectivity index (χ4n) is 5.29. The SMILES string of the molecule is [N-]=[N+]=NC1[C@@H](OP(=O)(O)OC[C@H]2O[C@@H](n3cnc4c(N)ncnc43)[C@H](O)[C@@H]2O[PH](=O)O)[C@H](n2cnc3c(=O)[nH]c(N)nc32)O[C@@H]1CO. The number of rotatable bonds is 11. The van der Waals surface area contributed by atoms with Gasteiger partial charge in [-0.25, -0.2) is 24.5 Å². The molecule has 0 amide bonds. The van der Waals surface area contributed by atoms with E-state index in [2.05, 4.69) is 39.9 Å². The van der Waals surface area contributed by atoms with E-state index in [0.717, 1.165) is 17.2 Å². The smallest absolute Gasteiger partial charge is 0.394 e. The highest BCUT2D eigenvalue weighted by Gasteiger charge is 2.51. The maximum Gasteiger partial charge on any atom is 0.472 e. The summed E-state index contributed by atoms with van der Waals surface area (Å²) in [4.78, 5) is 57.5. The van der Waals surface area contributed by atoms with Crippen LogP contribution in [0.1, 0.15) is 12.5 Å². The van der Waals surface area contributed by atoms with Gasteiger partial charge >= 0.3 is 16.1 Å². The van der Waals surface area contributed by atoms with Gasteiger partial charge in [0, 0.05) is 4.91 Å². The molecule has 0 saturated carbocycles. The van der Waals surface area contributed by atoms with E-state index >= 15 is 0 Å². The molecule has 0 radical (unpaired) electrons. The van der Waals surface area contributed by atoms with Gasteiger partial charge in [-0.15, -0.1) is 0 Å². The van der Waals surface area contributed by atoms with E-state index in [1.807, 2.05) is 0 Å². The number of nitrogens with zero attached hydrogens (tertiary/aromatic N) is 10. The van der Waals surface area contributed by atoms with Crippen molar-refractivity contribution in [3.63, 3.8) is 0 Å². The molecule has 4 aromatic rings. The zero-order chi connectivity index (χ0) is 33.6. The van der Waals surface area contributed by atoms with Gasteiger partial charge in [0.15, 0.2) is 35.1 Å². The molecule has 0 spiro atoms. The maximum atomic E-state index is 13.3. The molecule has 2 saturated heterocycles. The lowest BCUT2D eigenvalue weighted by atomic mass is 10.1. The summed E-state index contributed by atoms with van der Waals surface area (Å²) in [6.45, 7) is -1.59. The van der Waals surface area contributed by atoms with Gasteiger partial charge in [-0.1, -0.05) is 5.11 Å². The second-order valence-electron chi connectivity index (χ2n) is 10.0. The van der Waals surface area contributed by atoms with Crippen molar-refractivity contribution in [2.45, 2.75) is 49.0 Å². The average molecular weight is 701 g/mol. The molecule has 6 heterocycles. The third-order valence-electron chi connectivity index (χ3n) is 7.27. The summed E-state index contributed by atoms with van der Waals surface area (Å²) in [7, 11) is -8.90. The molecule has 0 aliphatic carbocycles. The molecule has 2 fully saturated rings. The minimum absolute atomic E-state index is 0.0270. The van der Waals surface area contributed by atoms with Crippen LogP contribution in [0.5, 0.6) is 0 Å². The lowest BCUT2D eigenvalue weighted by molar-refractivity contribution is -0.0608. The Bertz CT molecular complexity index is 1980. The zero-order valence-electron chi connectivity index (χ0n) is 23.4. The number of hydrogen-bond donors (Lipinski definition) is 7. The highest BCUT2D eigenvalue weighted by molar-refractivity contribution is 7.47. The van der Waals surface area contributed by atoms with E-state index in [0.29, 0.717) is 0 Å². The lowest BCUT2D eigenvalue weighted by Gasteiger charge is -2.25. The minimum Gasteiger partial charge on any atom is -0.394 e. The number of imidazole rings is 2. The van der Waals surface area contributed by atoms with Crippen molar-refractivity contribution in [3.8, 4) is 0 Å². The van der Waals surface area contributed by atoms with Crippen LogP contribution in [0.4, 0.5) is 11.8 Å². The van der Waals surface area contributed by atoms with Crippen LogP contribution in [0, 0.1) is 0 Å². The van der Waals surface area contributed by atoms with E-state index in [9.17, 15) is 33.9 Å². The molecule has 2 aliphatic heterocycles. The monoisotopic (exact) mass is 701 g/mol. The number of aromatic nitrogens is 8. The lowest BCUT2D eigenvalue weighted by Crippen LogP contribution is -2.36. The summed E-state index contributed by atoms with van der Waals surface area (Å²) in [5.74, 6) is -0.265. The van der Waals surface area contributed by atoms with E-state index < -0.39 is 83.9 Å². The Hall–Kier alpha value is -4.09. The molecule has 47 heavy (non-hydrogen) atoms. The Balaban J connectivity index is 1.26.